The van der Waals surface area contributed by atoms with Gasteiger partial charge in [0.25, 0.3) is 0 Å². The number of ether oxygens (including phenoxy) is 2. The molecule has 1 aromatic carbocycles. The van der Waals surface area contributed by atoms with Crippen molar-refractivity contribution in [2.45, 2.75) is 19.4 Å². The minimum atomic E-state index is -0.606. The van der Waals surface area contributed by atoms with Gasteiger partial charge >= 0.3 is 0 Å². The maximum atomic E-state index is 9.68. The highest BCUT2D eigenvalue weighted by molar-refractivity contribution is 5.85. The Morgan fingerprint density at radius 3 is 2.79 bits per heavy atom. The molecule has 1 aromatic heterocycles. The van der Waals surface area contributed by atoms with Crippen molar-refractivity contribution in [1.29, 1.82) is 0 Å². The third-order valence-electron chi connectivity index (χ3n) is 2.88. The van der Waals surface area contributed by atoms with Crippen molar-refractivity contribution in [3.63, 3.8) is 0 Å². The molecule has 0 saturated heterocycles. The summed E-state index contributed by atoms with van der Waals surface area (Å²) in [5.74, 6) is 0.762. The summed E-state index contributed by atoms with van der Waals surface area (Å²) in [7, 11) is 1.67. The molecule has 0 saturated carbocycles. The van der Waals surface area contributed by atoms with Gasteiger partial charge < -0.3 is 14.6 Å². The summed E-state index contributed by atoms with van der Waals surface area (Å²) >= 11 is 0. The summed E-state index contributed by atoms with van der Waals surface area (Å²) in [5, 5.41) is 10.6. The zero-order valence-corrected chi connectivity index (χ0v) is 11.3. The van der Waals surface area contributed by atoms with E-state index in [9.17, 15) is 5.11 Å². The van der Waals surface area contributed by atoms with Crippen LogP contribution in [0, 0.1) is 0 Å². The zero-order chi connectivity index (χ0) is 13.7. The fourth-order valence-corrected chi connectivity index (χ4v) is 1.88. The molecule has 1 heterocycles. The van der Waals surface area contributed by atoms with Crippen LogP contribution >= 0.6 is 0 Å². The predicted molar refractivity (Wildman–Crippen MR) is 74.4 cm³/mol. The van der Waals surface area contributed by atoms with Gasteiger partial charge in [-0.1, -0.05) is 12.1 Å². The summed E-state index contributed by atoms with van der Waals surface area (Å²) in [6.45, 7) is 2.96. The zero-order valence-electron chi connectivity index (χ0n) is 11.3. The Kier molecular flexibility index (Phi) is 4.71. The lowest BCUT2D eigenvalue weighted by Gasteiger charge is -2.12. The second-order valence-corrected chi connectivity index (χ2v) is 4.43. The third kappa shape index (κ3) is 3.43. The second-order valence-electron chi connectivity index (χ2n) is 4.43. The number of nitrogens with zero attached hydrogens (tertiary/aromatic N) is 1. The Balaban J connectivity index is 2.28. The number of hydrogen-bond acceptors (Lipinski definition) is 4. The van der Waals surface area contributed by atoms with Gasteiger partial charge in [0.1, 0.15) is 5.75 Å². The molecule has 0 fully saturated rings. The molecular formula is C15H19NO3. The highest BCUT2D eigenvalue weighted by Crippen LogP contribution is 2.27. The van der Waals surface area contributed by atoms with E-state index in [1.165, 1.54) is 0 Å². The minimum Gasteiger partial charge on any atom is -0.493 e. The van der Waals surface area contributed by atoms with E-state index >= 15 is 0 Å². The number of para-hydroxylation sites is 1. The Morgan fingerprint density at radius 2 is 2.05 bits per heavy atom. The van der Waals surface area contributed by atoms with Gasteiger partial charge in [0, 0.05) is 31.6 Å². The minimum absolute atomic E-state index is 0.584. The number of aromatic nitrogens is 1. The molecule has 2 rings (SSSR count). The van der Waals surface area contributed by atoms with Gasteiger partial charge in [-0.25, -0.2) is 4.98 Å². The Labute approximate surface area is 113 Å². The Bertz CT molecular complexity index is 540. The largest absolute Gasteiger partial charge is 0.493 e. The number of hydrogen-bond donors (Lipinski definition) is 1. The van der Waals surface area contributed by atoms with Crippen molar-refractivity contribution < 1.29 is 14.6 Å². The highest BCUT2D eigenvalue weighted by atomic mass is 16.5. The molecule has 19 heavy (non-hydrogen) atoms. The summed E-state index contributed by atoms with van der Waals surface area (Å²) in [5.41, 5.74) is 1.46. The van der Waals surface area contributed by atoms with Crippen LogP contribution in [0.25, 0.3) is 10.9 Å². The van der Waals surface area contributed by atoms with E-state index < -0.39 is 6.10 Å². The normalized spacial score (nSPS) is 12.6. The molecule has 102 valence electrons. The summed E-state index contributed by atoms with van der Waals surface area (Å²) < 4.78 is 10.8. The molecule has 0 aliphatic heterocycles. The number of methoxy groups -OCH3 is 1. The summed E-state index contributed by atoms with van der Waals surface area (Å²) in [6.07, 6.45) is 0.225. The van der Waals surface area contributed by atoms with Gasteiger partial charge in [0.05, 0.1) is 23.9 Å². The van der Waals surface area contributed by atoms with Crippen LogP contribution in [0.15, 0.2) is 30.3 Å². The molecular weight excluding hydrogens is 242 g/mol. The van der Waals surface area contributed by atoms with Gasteiger partial charge in [-0.15, -0.1) is 0 Å². The Hall–Kier alpha value is -1.65. The van der Waals surface area contributed by atoms with Gasteiger partial charge in [-0.3, -0.25) is 0 Å². The third-order valence-corrected chi connectivity index (χ3v) is 2.88. The van der Waals surface area contributed by atoms with E-state index in [2.05, 4.69) is 4.98 Å². The quantitative estimate of drug-likeness (QED) is 0.812. The highest BCUT2D eigenvalue weighted by Gasteiger charge is 2.09. The van der Waals surface area contributed by atoms with Crippen LogP contribution in [0.1, 0.15) is 25.1 Å². The Morgan fingerprint density at radius 1 is 1.26 bits per heavy atom. The number of rotatable bonds is 6. The fourth-order valence-electron chi connectivity index (χ4n) is 1.88. The van der Waals surface area contributed by atoms with Crippen LogP contribution < -0.4 is 4.74 Å². The molecule has 4 nitrogen and oxygen atoms in total. The fraction of sp³-hybridized carbons (Fsp3) is 0.400. The molecule has 1 atom stereocenters. The van der Waals surface area contributed by atoms with Gasteiger partial charge in [0.2, 0.25) is 0 Å². The molecule has 0 bridgehead atoms. The molecule has 0 aliphatic carbocycles. The first kappa shape index (κ1) is 13.8. The number of pyridine rings is 1. The maximum absolute atomic E-state index is 9.68. The van der Waals surface area contributed by atoms with Crippen molar-refractivity contribution in [1.82, 2.24) is 4.98 Å². The van der Waals surface area contributed by atoms with Gasteiger partial charge in [-0.05, 0) is 19.1 Å². The average Bonchev–Trinajstić information content (AvgIpc) is 2.43. The molecule has 4 heteroatoms. The first-order chi connectivity index (χ1) is 9.22. The standard InChI is InChI=1S/C15H19NO3/c1-11(17)14-10-15(19-9-5-8-18-2)12-6-3-4-7-13(12)16-14/h3-4,6-7,10-11,17H,5,8-9H2,1-2H3/t11-/m1/s1. The van der Waals surface area contributed by atoms with Gasteiger partial charge in [-0.2, -0.15) is 0 Å². The van der Waals surface area contributed by atoms with Crippen molar-refractivity contribution in [2.24, 2.45) is 0 Å². The lowest BCUT2D eigenvalue weighted by molar-refractivity contribution is 0.172. The average molecular weight is 261 g/mol. The first-order valence-electron chi connectivity index (χ1n) is 6.42. The van der Waals surface area contributed by atoms with Crippen LogP contribution in [0.5, 0.6) is 5.75 Å². The lowest BCUT2D eigenvalue weighted by Crippen LogP contribution is -2.04. The van der Waals surface area contributed by atoms with Crippen molar-refractivity contribution in [3.8, 4) is 5.75 Å². The van der Waals surface area contributed by atoms with Crippen LogP contribution in [-0.2, 0) is 4.74 Å². The predicted octanol–water partition coefficient (Wildman–Crippen LogP) is 2.70. The van der Waals surface area contributed by atoms with E-state index in [0.717, 1.165) is 23.1 Å². The molecule has 0 unspecified atom stereocenters. The van der Waals surface area contributed by atoms with E-state index in [1.807, 2.05) is 24.3 Å². The maximum Gasteiger partial charge on any atom is 0.130 e. The van der Waals surface area contributed by atoms with Gasteiger partial charge in [0.15, 0.2) is 0 Å². The van der Waals surface area contributed by atoms with Crippen molar-refractivity contribution >= 4 is 10.9 Å². The molecule has 0 aliphatic rings. The van der Waals surface area contributed by atoms with Crippen LogP contribution in [0.2, 0.25) is 0 Å². The lowest BCUT2D eigenvalue weighted by atomic mass is 10.1. The summed E-state index contributed by atoms with van der Waals surface area (Å²) in [6, 6.07) is 9.58. The van der Waals surface area contributed by atoms with E-state index in [-0.39, 0.29) is 0 Å². The smallest absolute Gasteiger partial charge is 0.130 e. The van der Waals surface area contributed by atoms with E-state index in [1.54, 1.807) is 20.1 Å². The summed E-state index contributed by atoms with van der Waals surface area (Å²) in [4.78, 5) is 4.43. The van der Waals surface area contributed by atoms with Crippen molar-refractivity contribution in [2.75, 3.05) is 20.3 Å². The molecule has 0 amide bonds. The SMILES string of the molecule is COCCCOc1cc([C@@H](C)O)nc2ccccc12. The van der Waals surface area contributed by atoms with Crippen LogP contribution in [-0.4, -0.2) is 30.4 Å². The number of fused-ring (bicyclic) bond motifs is 1. The van der Waals surface area contributed by atoms with E-state index in [0.29, 0.717) is 18.9 Å². The molecule has 2 aromatic rings. The first-order valence-corrected chi connectivity index (χ1v) is 6.42. The number of aliphatic hydroxyl groups excluding tert-OH is 1. The number of aliphatic hydroxyl groups is 1. The monoisotopic (exact) mass is 261 g/mol. The van der Waals surface area contributed by atoms with Crippen molar-refractivity contribution in [3.05, 3.63) is 36.0 Å². The van der Waals surface area contributed by atoms with Crippen LogP contribution in [0.4, 0.5) is 0 Å². The van der Waals surface area contributed by atoms with Crippen LogP contribution in [0.3, 0.4) is 0 Å². The second kappa shape index (κ2) is 6.50. The number of benzene rings is 1. The molecule has 0 radical (unpaired) electrons. The van der Waals surface area contributed by atoms with E-state index in [4.69, 9.17) is 9.47 Å². The molecule has 0 spiro atoms. The molecule has 1 N–H and O–H groups in total. The topological polar surface area (TPSA) is 51.6 Å².